The van der Waals surface area contributed by atoms with Crippen molar-refractivity contribution in [3.8, 4) is 0 Å². The highest BCUT2D eigenvalue weighted by atomic mass is 16.4. The van der Waals surface area contributed by atoms with Crippen LogP contribution < -0.4 is 0 Å². The molecule has 32 heavy (non-hydrogen) atoms. The maximum Gasteiger partial charge on any atom is 0.190 e. The highest BCUT2D eigenvalue weighted by Gasteiger charge is 2.68. The molecule has 3 saturated carbocycles. The Hall–Kier alpha value is -0.970. The lowest BCUT2D eigenvalue weighted by atomic mass is 9.45. The zero-order chi connectivity index (χ0) is 23.6. The number of allylic oxidation sites excluding steroid dienone is 3. The van der Waals surface area contributed by atoms with Crippen molar-refractivity contribution in [2.24, 2.45) is 46.3 Å². The fraction of sp³-hybridized carbons (Fsp3) is 0.821. The van der Waals surface area contributed by atoms with Gasteiger partial charge in [0.2, 0.25) is 0 Å². The largest absolute Gasteiger partial charge is 0.390 e. The standard InChI is InChI=1S/C28H44O4/c1-16(2)17(3)7-8-18(4)20-9-10-21-19-15-24(30)28(32)25(31)23(29)12-14-27(28,6)22(19)11-13-26(20,21)5/h7-8,15-18,20-23,25,29,31-32H,9-14H2,1-6H3/b8-7+/t17-,18+,20+,21-,22-,23-,25-,26+,27+,28+/m0/s1. The van der Waals surface area contributed by atoms with Gasteiger partial charge in [0.05, 0.1) is 6.10 Å². The van der Waals surface area contributed by atoms with Crippen molar-refractivity contribution in [3.63, 3.8) is 0 Å². The summed E-state index contributed by atoms with van der Waals surface area (Å²) in [4.78, 5) is 13.3. The first-order valence-electron chi connectivity index (χ1n) is 12.9. The molecular weight excluding hydrogens is 400 g/mol. The van der Waals surface area contributed by atoms with Crippen molar-refractivity contribution in [1.29, 1.82) is 0 Å². The van der Waals surface area contributed by atoms with Gasteiger partial charge in [-0.15, -0.1) is 0 Å². The lowest BCUT2D eigenvalue weighted by Crippen LogP contribution is -2.70. The molecule has 3 N–H and O–H groups in total. The third-order valence-corrected chi connectivity index (χ3v) is 10.7. The summed E-state index contributed by atoms with van der Waals surface area (Å²) in [5, 5.41) is 32.4. The second kappa shape index (κ2) is 8.06. The van der Waals surface area contributed by atoms with Gasteiger partial charge in [0.15, 0.2) is 11.4 Å². The van der Waals surface area contributed by atoms with E-state index in [0.29, 0.717) is 42.4 Å². The molecule has 0 unspecified atom stereocenters. The quantitative estimate of drug-likeness (QED) is 0.551. The van der Waals surface area contributed by atoms with Crippen LogP contribution in [0.3, 0.4) is 0 Å². The molecule has 4 aliphatic rings. The Morgan fingerprint density at radius 1 is 0.969 bits per heavy atom. The van der Waals surface area contributed by atoms with Crippen LogP contribution in [0.1, 0.15) is 80.1 Å². The molecule has 0 saturated heterocycles. The lowest BCUT2D eigenvalue weighted by molar-refractivity contribution is -0.224. The summed E-state index contributed by atoms with van der Waals surface area (Å²) in [5.41, 5.74) is -1.22. The zero-order valence-electron chi connectivity index (χ0n) is 20.8. The molecule has 0 aromatic rings. The molecule has 0 amide bonds. The normalized spacial score (nSPS) is 48.2. The van der Waals surface area contributed by atoms with Crippen LogP contribution >= 0.6 is 0 Å². The van der Waals surface area contributed by atoms with Gasteiger partial charge in [0.25, 0.3) is 0 Å². The van der Waals surface area contributed by atoms with Crippen LogP contribution in [-0.4, -0.2) is 38.9 Å². The molecule has 180 valence electrons. The Balaban J connectivity index is 1.64. The van der Waals surface area contributed by atoms with Gasteiger partial charge < -0.3 is 15.3 Å². The molecule has 0 aromatic carbocycles. The number of carbonyl (C=O) groups is 1. The van der Waals surface area contributed by atoms with Crippen LogP contribution in [0.15, 0.2) is 23.8 Å². The molecule has 0 aromatic heterocycles. The fourth-order valence-electron chi connectivity index (χ4n) is 8.03. The molecule has 10 atom stereocenters. The molecular formula is C28H44O4. The molecule has 3 fully saturated rings. The molecule has 4 nitrogen and oxygen atoms in total. The second-order valence-corrected chi connectivity index (χ2v) is 12.4. The number of ketones is 1. The summed E-state index contributed by atoms with van der Waals surface area (Å²) >= 11 is 0. The Bertz CT molecular complexity index is 814. The SMILES string of the molecule is CC(C)[C@@H](C)/C=C/[C@@H](C)[C@H]1CC[C@H]2C3=CC(=O)[C@@]4(O)[C@@H](O)[C@@H](O)CC[C@]4(C)[C@H]3CC[C@]12C. The Morgan fingerprint density at radius 2 is 1.66 bits per heavy atom. The summed E-state index contributed by atoms with van der Waals surface area (Å²) in [7, 11) is 0. The first-order chi connectivity index (χ1) is 14.9. The van der Waals surface area contributed by atoms with Gasteiger partial charge in [-0.25, -0.2) is 0 Å². The third kappa shape index (κ3) is 3.23. The first kappa shape index (κ1) is 24.2. The number of hydrogen-bond donors (Lipinski definition) is 3. The number of fused-ring (bicyclic) bond motifs is 5. The van der Waals surface area contributed by atoms with Crippen molar-refractivity contribution < 1.29 is 20.1 Å². The van der Waals surface area contributed by atoms with E-state index in [4.69, 9.17) is 0 Å². The minimum absolute atomic E-state index is 0.0935. The predicted octanol–water partition coefficient (Wildman–Crippen LogP) is 4.68. The van der Waals surface area contributed by atoms with Gasteiger partial charge >= 0.3 is 0 Å². The third-order valence-electron chi connectivity index (χ3n) is 10.7. The van der Waals surface area contributed by atoms with E-state index >= 15 is 0 Å². The maximum atomic E-state index is 13.3. The van der Waals surface area contributed by atoms with Crippen LogP contribution in [0.5, 0.6) is 0 Å². The van der Waals surface area contributed by atoms with Crippen molar-refractivity contribution in [1.82, 2.24) is 0 Å². The highest BCUT2D eigenvalue weighted by Crippen LogP contribution is 2.67. The fourth-order valence-corrected chi connectivity index (χ4v) is 8.03. The van der Waals surface area contributed by atoms with Crippen LogP contribution in [0.4, 0.5) is 0 Å². The van der Waals surface area contributed by atoms with E-state index in [9.17, 15) is 20.1 Å². The average molecular weight is 445 g/mol. The Labute approximate surface area is 194 Å². The number of aliphatic hydroxyl groups is 3. The molecule has 4 heteroatoms. The number of hydrogen-bond acceptors (Lipinski definition) is 4. The molecule has 0 bridgehead atoms. The van der Waals surface area contributed by atoms with Crippen LogP contribution in [0.25, 0.3) is 0 Å². The number of aliphatic hydroxyl groups excluding tert-OH is 2. The Kier molecular flexibility index (Phi) is 6.09. The van der Waals surface area contributed by atoms with E-state index in [-0.39, 0.29) is 11.3 Å². The van der Waals surface area contributed by atoms with Crippen LogP contribution in [-0.2, 0) is 4.79 Å². The highest BCUT2D eigenvalue weighted by molar-refractivity contribution is 6.00. The molecule has 0 aliphatic heterocycles. The van der Waals surface area contributed by atoms with Crippen LogP contribution in [0, 0.1) is 46.3 Å². The van der Waals surface area contributed by atoms with Gasteiger partial charge in [0.1, 0.15) is 6.10 Å². The maximum absolute atomic E-state index is 13.3. The zero-order valence-corrected chi connectivity index (χ0v) is 20.8. The number of carbonyl (C=O) groups excluding carboxylic acids is 1. The Morgan fingerprint density at radius 3 is 2.31 bits per heavy atom. The van der Waals surface area contributed by atoms with E-state index in [0.717, 1.165) is 19.3 Å². The summed E-state index contributed by atoms with van der Waals surface area (Å²) < 4.78 is 0. The van der Waals surface area contributed by atoms with Gasteiger partial charge in [-0.3, -0.25) is 4.79 Å². The topological polar surface area (TPSA) is 77.8 Å². The minimum Gasteiger partial charge on any atom is -0.390 e. The van der Waals surface area contributed by atoms with Gasteiger partial charge in [-0.1, -0.05) is 59.3 Å². The molecule has 0 heterocycles. The van der Waals surface area contributed by atoms with Crippen molar-refractivity contribution in [2.75, 3.05) is 0 Å². The minimum atomic E-state index is -1.88. The molecule has 4 aliphatic carbocycles. The predicted molar refractivity (Wildman–Crippen MR) is 127 cm³/mol. The van der Waals surface area contributed by atoms with E-state index in [1.165, 1.54) is 12.0 Å². The average Bonchev–Trinajstić information content (AvgIpc) is 3.10. The second-order valence-electron chi connectivity index (χ2n) is 12.4. The molecule has 4 rings (SSSR count). The van der Waals surface area contributed by atoms with Crippen molar-refractivity contribution >= 4 is 5.78 Å². The van der Waals surface area contributed by atoms with Gasteiger partial charge in [-0.05, 0) is 85.5 Å². The van der Waals surface area contributed by atoms with E-state index < -0.39 is 29.0 Å². The molecule has 0 spiro atoms. The monoisotopic (exact) mass is 444 g/mol. The summed E-state index contributed by atoms with van der Waals surface area (Å²) in [6.07, 6.45) is 9.31. The van der Waals surface area contributed by atoms with Crippen molar-refractivity contribution in [2.45, 2.75) is 97.9 Å². The summed E-state index contributed by atoms with van der Waals surface area (Å²) in [6.45, 7) is 13.6. The van der Waals surface area contributed by atoms with E-state index in [1.54, 1.807) is 6.08 Å². The summed E-state index contributed by atoms with van der Waals surface area (Å²) in [5.74, 6) is 2.36. The number of rotatable bonds is 4. The van der Waals surface area contributed by atoms with Crippen LogP contribution in [0.2, 0.25) is 0 Å². The van der Waals surface area contributed by atoms with E-state index in [2.05, 4.69) is 46.8 Å². The molecule has 0 radical (unpaired) electrons. The summed E-state index contributed by atoms with van der Waals surface area (Å²) in [6, 6.07) is 0. The smallest absolute Gasteiger partial charge is 0.190 e. The first-order valence-corrected chi connectivity index (χ1v) is 12.9. The lowest BCUT2D eigenvalue weighted by Gasteiger charge is -2.61. The van der Waals surface area contributed by atoms with Gasteiger partial charge in [-0.2, -0.15) is 0 Å². The van der Waals surface area contributed by atoms with Crippen molar-refractivity contribution in [3.05, 3.63) is 23.8 Å². The van der Waals surface area contributed by atoms with Gasteiger partial charge in [0, 0.05) is 5.41 Å². The van der Waals surface area contributed by atoms with E-state index in [1.807, 2.05) is 6.92 Å².